The minimum absolute atomic E-state index is 0.0611. The van der Waals surface area contributed by atoms with E-state index in [0.29, 0.717) is 26.2 Å². The van der Waals surface area contributed by atoms with Crippen LogP contribution in [0.1, 0.15) is 5.56 Å². The minimum atomic E-state index is -4.42. The number of thiazole rings is 1. The van der Waals surface area contributed by atoms with Gasteiger partial charge in [-0.25, -0.2) is 4.98 Å². The van der Waals surface area contributed by atoms with Gasteiger partial charge in [0, 0.05) is 0 Å². The number of alkyl halides is 3. The number of hydrogen-bond acceptors (Lipinski definition) is 5. The van der Waals surface area contributed by atoms with Crippen molar-refractivity contribution in [2.24, 2.45) is 0 Å². The molecule has 0 spiro atoms. The molecule has 0 aliphatic rings. The molecule has 9 heteroatoms. The maximum absolute atomic E-state index is 12.9. The lowest BCUT2D eigenvalue weighted by atomic mass is 10.2. The Labute approximate surface area is 184 Å². The maximum atomic E-state index is 12.9. The van der Waals surface area contributed by atoms with Gasteiger partial charge in [-0.2, -0.15) is 13.2 Å². The lowest BCUT2D eigenvalue weighted by Gasteiger charge is -2.11. The van der Waals surface area contributed by atoms with Crippen LogP contribution in [-0.4, -0.2) is 16.6 Å². The molecule has 0 saturated carbocycles. The van der Waals surface area contributed by atoms with Crippen molar-refractivity contribution in [3.05, 3.63) is 78.4 Å². The van der Waals surface area contributed by atoms with E-state index in [0.717, 1.165) is 12.1 Å². The molecule has 4 aromatic rings. The number of aromatic nitrogens is 1. The van der Waals surface area contributed by atoms with Crippen LogP contribution in [0, 0.1) is 0 Å². The normalized spacial score (nSPS) is 11.5. The summed E-state index contributed by atoms with van der Waals surface area (Å²) in [5.41, 5.74) is 0.0510. The summed E-state index contributed by atoms with van der Waals surface area (Å²) in [5, 5.41) is 2.81. The van der Waals surface area contributed by atoms with Gasteiger partial charge in [-0.1, -0.05) is 42.1 Å². The summed E-state index contributed by atoms with van der Waals surface area (Å²) in [6.45, 7) is 0. The first-order valence-corrected chi connectivity index (χ1v) is 10.9. The molecule has 3 aromatic carbocycles. The third-order valence-electron chi connectivity index (χ3n) is 4.15. The molecule has 1 N–H and O–H groups in total. The van der Waals surface area contributed by atoms with Gasteiger partial charge in [0.2, 0.25) is 5.91 Å². The first-order chi connectivity index (χ1) is 14.9. The first kappa shape index (κ1) is 21.2. The van der Waals surface area contributed by atoms with E-state index >= 15 is 0 Å². The van der Waals surface area contributed by atoms with Crippen LogP contribution < -0.4 is 10.1 Å². The highest BCUT2D eigenvalue weighted by Crippen LogP contribution is 2.35. The van der Waals surface area contributed by atoms with E-state index in [1.807, 2.05) is 30.3 Å². The zero-order chi connectivity index (χ0) is 21.8. The van der Waals surface area contributed by atoms with Gasteiger partial charge in [0.05, 0.1) is 27.2 Å². The Bertz CT molecular complexity index is 1210. The average molecular weight is 461 g/mol. The molecule has 1 aromatic heterocycles. The number of fused-ring (bicyclic) bond motifs is 1. The van der Waals surface area contributed by atoms with Gasteiger partial charge in [0.15, 0.2) is 10.1 Å². The number of halogens is 3. The number of thioether (sulfide) groups is 1. The Morgan fingerprint density at radius 3 is 2.55 bits per heavy atom. The summed E-state index contributed by atoms with van der Waals surface area (Å²) in [6.07, 6.45) is -4.42. The highest BCUT2D eigenvalue weighted by molar-refractivity contribution is 8.01. The van der Waals surface area contributed by atoms with Gasteiger partial charge in [-0.3, -0.25) is 4.79 Å². The topological polar surface area (TPSA) is 51.2 Å². The molecule has 0 aliphatic carbocycles. The predicted octanol–water partition coefficient (Wildman–Crippen LogP) is 6.84. The van der Waals surface area contributed by atoms with Crippen molar-refractivity contribution in [3.63, 3.8) is 0 Å². The van der Waals surface area contributed by atoms with Crippen molar-refractivity contribution < 1.29 is 22.7 Å². The lowest BCUT2D eigenvalue weighted by Crippen LogP contribution is -2.14. The van der Waals surface area contributed by atoms with Gasteiger partial charge >= 0.3 is 6.18 Å². The largest absolute Gasteiger partial charge is 0.455 e. The molecule has 0 bridgehead atoms. The number of nitrogens with one attached hydrogen (secondary N) is 1. The van der Waals surface area contributed by atoms with Crippen LogP contribution in [-0.2, 0) is 11.0 Å². The van der Waals surface area contributed by atoms with Gasteiger partial charge in [0.1, 0.15) is 5.75 Å². The van der Waals surface area contributed by atoms with Gasteiger partial charge in [-0.15, -0.1) is 11.3 Å². The number of anilines is 1. The van der Waals surface area contributed by atoms with Crippen molar-refractivity contribution in [2.75, 3.05) is 11.1 Å². The molecular formula is C22H15F3N2O2S2. The molecule has 0 radical (unpaired) electrons. The van der Waals surface area contributed by atoms with E-state index < -0.39 is 11.7 Å². The lowest BCUT2D eigenvalue weighted by molar-refractivity contribution is -0.137. The Hall–Kier alpha value is -3.04. The van der Waals surface area contributed by atoms with Crippen molar-refractivity contribution in [2.45, 2.75) is 10.5 Å². The van der Waals surface area contributed by atoms with Crippen LogP contribution in [0.4, 0.5) is 18.9 Å². The number of ether oxygens (including phenoxy) is 1. The summed E-state index contributed by atoms with van der Waals surface area (Å²) in [4.78, 5) is 16.6. The Morgan fingerprint density at radius 2 is 1.77 bits per heavy atom. The Kier molecular flexibility index (Phi) is 6.15. The highest BCUT2D eigenvalue weighted by atomic mass is 32.2. The van der Waals surface area contributed by atoms with E-state index in [-0.39, 0.29) is 17.2 Å². The molecule has 1 amide bonds. The summed E-state index contributed by atoms with van der Waals surface area (Å²) < 4.78 is 45.6. The molecule has 0 saturated heterocycles. The van der Waals surface area contributed by atoms with Crippen LogP contribution in [0.25, 0.3) is 10.2 Å². The first-order valence-electron chi connectivity index (χ1n) is 9.11. The second kappa shape index (κ2) is 8.99. The molecular weight excluding hydrogens is 445 g/mol. The Morgan fingerprint density at radius 1 is 1.03 bits per heavy atom. The Balaban J connectivity index is 1.41. The summed E-state index contributed by atoms with van der Waals surface area (Å²) in [6, 6.07) is 19.7. The maximum Gasteiger partial charge on any atom is 0.416 e. The molecule has 31 heavy (non-hydrogen) atoms. The average Bonchev–Trinajstić information content (AvgIpc) is 3.16. The molecule has 0 fully saturated rings. The molecule has 1 heterocycles. The number of rotatable bonds is 6. The van der Waals surface area contributed by atoms with Crippen LogP contribution in [0.3, 0.4) is 0 Å². The highest BCUT2D eigenvalue weighted by Gasteiger charge is 2.30. The molecule has 158 valence electrons. The molecule has 0 unspecified atom stereocenters. The molecule has 0 aliphatic heterocycles. The minimum Gasteiger partial charge on any atom is -0.455 e. The fourth-order valence-corrected chi connectivity index (χ4v) is 4.58. The van der Waals surface area contributed by atoms with Crippen LogP contribution >= 0.6 is 23.1 Å². The van der Waals surface area contributed by atoms with Crippen molar-refractivity contribution in [1.82, 2.24) is 4.98 Å². The second-order valence-electron chi connectivity index (χ2n) is 6.41. The summed E-state index contributed by atoms with van der Waals surface area (Å²) >= 11 is 2.42. The third kappa shape index (κ3) is 5.36. The predicted molar refractivity (Wildman–Crippen MR) is 117 cm³/mol. The standard InChI is InChI=1S/C22H15F3N2O2S2/c23-22(24,25)14-10-11-19-17(12-14)27-21(31-19)30-13-20(28)26-16-8-4-5-9-18(16)29-15-6-2-1-3-7-15/h1-12H,13H2,(H,26,28). The fourth-order valence-electron chi connectivity index (χ4n) is 2.73. The van der Waals surface area contributed by atoms with Crippen LogP contribution in [0.5, 0.6) is 11.5 Å². The molecule has 4 rings (SSSR count). The number of para-hydroxylation sites is 3. The number of carbonyl (C=O) groups is 1. The van der Waals surface area contributed by atoms with Gasteiger partial charge in [0.25, 0.3) is 0 Å². The van der Waals surface area contributed by atoms with Gasteiger partial charge in [-0.05, 0) is 42.5 Å². The number of nitrogens with zero attached hydrogens (tertiary/aromatic N) is 1. The van der Waals surface area contributed by atoms with Crippen molar-refractivity contribution in [1.29, 1.82) is 0 Å². The van der Waals surface area contributed by atoms with E-state index in [4.69, 9.17) is 4.74 Å². The smallest absolute Gasteiger partial charge is 0.416 e. The van der Waals surface area contributed by atoms with Crippen molar-refractivity contribution >= 4 is 44.9 Å². The van der Waals surface area contributed by atoms with Gasteiger partial charge < -0.3 is 10.1 Å². The quantitative estimate of drug-likeness (QED) is 0.320. The number of amides is 1. The van der Waals surface area contributed by atoms with E-state index in [9.17, 15) is 18.0 Å². The molecule has 4 nitrogen and oxygen atoms in total. The SMILES string of the molecule is O=C(CSc1nc2cc(C(F)(F)F)ccc2s1)Nc1ccccc1Oc1ccccc1. The summed E-state index contributed by atoms with van der Waals surface area (Å²) in [5.74, 6) is 0.938. The third-order valence-corrected chi connectivity index (χ3v) is 6.33. The van der Waals surface area contributed by atoms with E-state index in [1.54, 1.807) is 24.3 Å². The zero-order valence-corrected chi connectivity index (χ0v) is 17.5. The monoisotopic (exact) mass is 460 g/mol. The van der Waals surface area contributed by atoms with Crippen molar-refractivity contribution in [3.8, 4) is 11.5 Å². The summed E-state index contributed by atoms with van der Waals surface area (Å²) in [7, 11) is 0. The van der Waals surface area contributed by atoms with E-state index in [2.05, 4.69) is 10.3 Å². The number of benzene rings is 3. The van der Waals surface area contributed by atoms with Crippen LogP contribution in [0.15, 0.2) is 77.1 Å². The second-order valence-corrected chi connectivity index (χ2v) is 8.66. The zero-order valence-electron chi connectivity index (χ0n) is 15.8. The van der Waals surface area contributed by atoms with E-state index in [1.165, 1.54) is 29.2 Å². The molecule has 0 atom stereocenters. The van der Waals surface area contributed by atoms with Crippen LogP contribution in [0.2, 0.25) is 0 Å². The number of hydrogen-bond donors (Lipinski definition) is 1. The number of carbonyl (C=O) groups excluding carboxylic acids is 1. The fraction of sp³-hybridized carbons (Fsp3) is 0.0909.